The van der Waals surface area contributed by atoms with E-state index in [4.69, 9.17) is 10.5 Å². The van der Waals surface area contributed by atoms with E-state index in [-0.39, 0.29) is 11.9 Å². The minimum absolute atomic E-state index is 0.197. The molecule has 1 atom stereocenters. The summed E-state index contributed by atoms with van der Waals surface area (Å²) in [6.07, 6.45) is 3.39. The lowest BCUT2D eigenvalue weighted by atomic mass is 10.2. The molecular weight excluding hydrogens is 231 g/mol. The fourth-order valence-electron chi connectivity index (χ4n) is 2.31. The molecule has 1 heterocycles. The van der Waals surface area contributed by atoms with Gasteiger partial charge in [0.2, 0.25) is 0 Å². The van der Waals surface area contributed by atoms with Crippen LogP contribution in [0.25, 0.3) is 0 Å². The second-order valence-corrected chi connectivity index (χ2v) is 4.70. The molecule has 0 amide bonds. The molecule has 1 aromatic carbocycles. The highest BCUT2D eigenvalue weighted by Gasteiger charge is 2.19. The number of nitrogens with zero attached hydrogens (tertiary/aromatic N) is 1. The smallest absolute Gasteiger partial charge is 0.125 e. The Morgan fingerprint density at radius 2 is 2.33 bits per heavy atom. The van der Waals surface area contributed by atoms with Crippen molar-refractivity contribution in [3.05, 3.63) is 30.1 Å². The first kappa shape index (κ1) is 13.3. The van der Waals surface area contributed by atoms with E-state index < -0.39 is 0 Å². The van der Waals surface area contributed by atoms with Crippen LogP contribution in [0.5, 0.6) is 0 Å². The minimum Gasteiger partial charge on any atom is -0.376 e. The summed E-state index contributed by atoms with van der Waals surface area (Å²) in [5.41, 5.74) is 6.48. The van der Waals surface area contributed by atoms with E-state index in [1.54, 1.807) is 12.1 Å². The van der Waals surface area contributed by atoms with Crippen molar-refractivity contribution in [1.82, 2.24) is 0 Å². The van der Waals surface area contributed by atoms with Gasteiger partial charge in [-0.15, -0.1) is 0 Å². The van der Waals surface area contributed by atoms with E-state index in [1.165, 1.54) is 6.07 Å². The van der Waals surface area contributed by atoms with Crippen molar-refractivity contribution in [1.29, 1.82) is 0 Å². The number of hydrogen-bond acceptors (Lipinski definition) is 3. The summed E-state index contributed by atoms with van der Waals surface area (Å²) in [5, 5.41) is 0. The Kier molecular flexibility index (Phi) is 4.96. The first-order chi connectivity index (χ1) is 8.79. The Labute approximate surface area is 108 Å². The molecule has 1 aliphatic rings. The molecule has 2 rings (SSSR count). The van der Waals surface area contributed by atoms with E-state index in [9.17, 15) is 4.39 Å². The Bertz CT molecular complexity index is 367. The zero-order valence-electron chi connectivity index (χ0n) is 10.6. The number of halogens is 1. The Balaban J connectivity index is 2.03. The SMILES string of the molecule is NCCCN(CC1CCCO1)c1cccc(F)c1. The normalized spacial score (nSPS) is 19.1. The van der Waals surface area contributed by atoms with Crippen molar-refractivity contribution in [3.8, 4) is 0 Å². The Morgan fingerprint density at radius 1 is 1.44 bits per heavy atom. The number of rotatable bonds is 6. The lowest BCUT2D eigenvalue weighted by molar-refractivity contribution is 0.115. The molecule has 3 nitrogen and oxygen atoms in total. The van der Waals surface area contributed by atoms with Gasteiger partial charge in [-0.1, -0.05) is 6.07 Å². The van der Waals surface area contributed by atoms with E-state index >= 15 is 0 Å². The molecule has 18 heavy (non-hydrogen) atoms. The van der Waals surface area contributed by atoms with Gasteiger partial charge in [-0.2, -0.15) is 0 Å². The van der Waals surface area contributed by atoms with Crippen molar-refractivity contribution in [2.24, 2.45) is 5.73 Å². The second kappa shape index (κ2) is 6.71. The van der Waals surface area contributed by atoms with Crippen molar-refractivity contribution >= 4 is 5.69 Å². The number of anilines is 1. The molecular formula is C14H21FN2O. The lowest BCUT2D eigenvalue weighted by Crippen LogP contribution is -2.34. The van der Waals surface area contributed by atoms with E-state index in [0.29, 0.717) is 6.54 Å². The highest BCUT2D eigenvalue weighted by Crippen LogP contribution is 2.20. The summed E-state index contributed by atoms with van der Waals surface area (Å²) < 4.78 is 18.9. The average Bonchev–Trinajstić information content (AvgIpc) is 2.87. The predicted octanol–water partition coefficient (Wildman–Crippen LogP) is 2.16. The zero-order chi connectivity index (χ0) is 12.8. The summed E-state index contributed by atoms with van der Waals surface area (Å²) in [5.74, 6) is -0.197. The van der Waals surface area contributed by atoms with Gasteiger partial charge >= 0.3 is 0 Å². The maximum atomic E-state index is 13.3. The Hall–Kier alpha value is -1.13. The van der Waals surface area contributed by atoms with Gasteiger partial charge in [0.05, 0.1) is 6.10 Å². The number of nitrogens with two attached hydrogens (primary N) is 1. The lowest BCUT2D eigenvalue weighted by Gasteiger charge is -2.27. The molecule has 4 heteroatoms. The number of hydrogen-bond donors (Lipinski definition) is 1. The first-order valence-corrected chi connectivity index (χ1v) is 6.62. The van der Waals surface area contributed by atoms with Crippen molar-refractivity contribution in [3.63, 3.8) is 0 Å². The largest absolute Gasteiger partial charge is 0.376 e. The van der Waals surface area contributed by atoms with E-state index in [0.717, 1.165) is 44.6 Å². The van der Waals surface area contributed by atoms with Gasteiger partial charge in [0.1, 0.15) is 5.82 Å². The predicted molar refractivity (Wildman–Crippen MR) is 71.3 cm³/mol. The van der Waals surface area contributed by atoms with Crippen LogP contribution in [0.3, 0.4) is 0 Å². The topological polar surface area (TPSA) is 38.5 Å². The monoisotopic (exact) mass is 252 g/mol. The fraction of sp³-hybridized carbons (Fsp3) is 0.571. The molecule has 0 bridgehead atoms. The third-order valence-electron chi connectivity index (χ3n) is 3.25. The molecule has 0 spiro atoms. The summed E-state index contributed by atoms with van der Waals surface area (Å²) in [6, 6.07) is 6.73. The van der Waals surface area contributed by atoms with Crippen LogP contribution in [-0.4, -0.2) is 32.3 Å². The molecule has 1 saturated heterocycles. The second-order valence-electron chi connectivity index (χ2n) is 4.70. The van der Waals surface area contributed by atoms with Crippen molar-refractivity contribution in [2.75, 3.05) is 31.1 Å². The molecule has 0 saturated carbocycles. The average molecular weight is 252 g/mol. The molecule has 1 aromatic rings. The summed E-state index contributed by atoms with van der Waals surface area (Å²) in [7, 11) is 0. The van der Waals surface area contributed by atoms with Crippen LogP contribution in [0, 0.1) is 5.82 Å². The quantitative estimate of drug-likeness (QED) is 0.843. The molecule has 0 radical (unpaired) electrons. The van der Waals surface area contributed by atoms with Crippen molar-refractivity contribution < 1.29 is 9.13 Å². The fourth-order valence-corrected chi connectivity index (χ4v) is 2.31. The van der Waals surface area contributed by atoms with Gasteiger partial charge in [0.15, 0.2) is 0 Å². The highest BCUT2D eigenvalue weighted by atomic mass is 19.1. The Morgan fingerprint density at radius 3 is 3.00 bits per heavy atom. The van der Waals surface area contributed by atoms with Crippen molar-refractivity contribution in [2.45, 2.75) is 25.4 Å². The molecule has 1 fully saturated rings. The molecule has 100 valence electrons. The molecule has 2 N–H and O–H groups in total. The zero-order valence-corrected chi connectivity index (χ0v) is 10.6. The summed E-state index contributed by atoms with van der Waals surface area (Å²) in [4.78, 5) is 2.17. The first-order valence-electron chi connectivity index (χ1n) is 6.62. The minimum atomic E-state index is -0.197. The maximum Gasteiger partial charge on any atom is 0.125 e. The summed E-state index contributed by atoms with van der Waals surface area (Å²) >= 11 is 0. The van der Waals surface area contributed by atoms with Gasteiger partial charge in [-0.25, -0.2) is 4.39 Å². The van der Waals surface area contributed by atoms with E-state index in [2.05, 4.69) is 4.90 Å². The van der Waals surface area contributed by atoms with Crippen LogP contribution >= 0.6 is 0 Å². The molecule has 0 aromatic heterocycles. The van der Waals surface area contributed by atoms with Crippen LogP contribution in [-0.2, 0) is 4.74 Å². The van der Waals surface area contributed by atoms with Crippen LogP contribution in [0.1, 0.15) is 19.3 Å². The molecule has 1 unspecified atom stereocenters. The van der Waals surface area contributed by atoms with Crippen LogP contribution in [0.2, 0.25) is 0 Å². The van der Waals surface area contributed by atoms with Crippen LogP contribution in [0.15, 0.2) is 24.3 Å². The van der Waals surface area contributed by atoms with Gasteiger partial charge < -0.3 is 15.4 Å². The van der Waals surface area contributed by atoms with Gasteiger partial charge in [0, 0.05) is 25.4 Å². The number of ether oxygens (including phenoxy) is 1. The number of benzene rings is 1. The van der Waals surface area contributed by atoms with Gasteiger partial charge in [0.25, 0.3) is 0 Å². The van der Waals surface area contributed by atoms with Crippen LogP contribution in [0.4, 0.5) is 10.1 Å². The third kappa shape index (κ3) is 3.68. The third-order valence-corrected chi connectivity index (χ3v) is 3.25. The molecule has 1 aliphatic heterocycles. The maximum absolute atomic E-state index is 13.3. The standard InChI is InChI=1S/C14H21FN2O/c15-12-4-1-5-13(10-12)17(8-3-7-16)11-14-6-2-9-18-14/h1,4-5,10,14H,2-3,6-9,11,16H2. The van der Waals surface area contributed by atoms with Gasteiger partial charge in [-0.05, 0) is 44.0 Å². The summed E-state index contributed by atoms with van der Waals surface area (Å²) in [6.45, 7) is 3.17. The highest BCUT2D eigenvalue weighted by molar-refractivity contribution is 5.46. The van der Waals surface area contributed by atoms with Gasteiger partial charge in [-0.3, -0.25) is 0 Å². The van der Waals surface area contributed by atoms with Crippen LogP contribution < -0.4 is 10.6 Å². The van der Waals surface area contributed by atoms with E-state index in [1.807, 2.05) is 6.07 Å². The molecule has 0 aliphatic carbocycles.